The lowest BCUT2D eigenvalue weighted by atomic mass is 10.3. The highest BCUT2D eigenvalue weighted by Gasteiger charge is 2.02. The molecule has 1 atom stereocenters. The average Bonchev–Trinajstić information content (AvgIpc) is 2.33. The molecule has 0 rings (SSSR count). The molecule has 0 aliphatic carbocycles. The van der Waals surface area contributed by atoms with Crippen LogP contribution in [-0.2, 0) is 4.74 Å². The number of nitrogens with one attached hydrogen (secondary N) is 1. The van der Waals surface area contributed by atoms with Crippen molar-refractivity contribution >= 4 is 0 Å². The normalized spacial score (nSPS) is 13.2. The van der Waals surface area contributed by atoms with Crippen molar-refractivity contribution in [1.82, 2.24) is 10.2 Å². The first-order valence-corrected chi connectivity index (χ1v) is 6.69. The molecule has 0 spiro atoms. The second kappa shape index (κ2) is 12.3. The maximum atomic E-state index is 5.58. The zero-order chi connectivity index (χ0) is 12.9. The molecule has 104 valence electrons. The SMILES string of the molecule is CCC(C)OCCNCCN(CCN)CCN. The van der Waals surface area contributed by atoms with E-state index in [4.69, 9.17) is 16.2 Å². The van der Waals surface area contributed by atoms with Crippen molar-refractivity contribution in [2.75, 3.05) is 52.4 Å². The fourth-order valence-corrected chi connectivity index (χ4v) is 1.51. The van der Waals surface area contributed by atoms with Crippen LogP contribution in [0.1, 0.15) is 20.3 Å². The summed E-state index contributed by atoms with van der Waals surface area (Å²) in [5, 5.41) is 3.36. The van der Waals surface area contributed by atoms with Crippen LogP contribution in [0.4, 0.5) is 0 Å². The first kappa shape index (κ1) is 16.8. The van der Waals surface area contributed by atoms with E-state index in [1.807, 2.05) is 0 Å². The van der Waals surface area contributed by atoms with Gasteiger partial charge in [0, 0.05) is 45.8 Å². The van der Waals surface area contributed by atoms with Crippen molar-refractivity contribution in [3.63, 3.8) is 0 Å². The van der Waals surface area contributed by atoms with E-state index in [2.05, 4.69) is 24.1 Å². The Hall–Kier alpha value is -0.200. The van der Waals surface area contributed by atoms with Crippen LogP contribution in [-0.4, -0.2) is 63.4 Å². The van der Waals surface area contributed by atoms with Crippen molar-refractivity contribution < 1.29 is 4.74 Å². The molecule has 5 heteroatoms. The highest BCUT2D eigenvalue weighted by molar-refractivity contribution is 4.61. The van der Waals surface area contributed by atoms with E-state index >= 15 is 0 Å². The minimum Gasteiger partial charge on any atom is -0.377 e. The largest absolute Gasteiger partial charge is 0.377 e. The highest BCUT2D eigenvalue weighted by Crippen LogP contribution is 1.93. The van der Waals surface area contributed by atoms with Gasteiger partial charge in [0.15, 0.2) is 0 Å². The molecule has 0 aromatic heterocycles. The molecule has 0 aliphatic rings. The van der Waals surface area contributed by atoms with Gasteiger partial charge in [-0.25, -0.2) is 0 Å². The van der Waals surface area contributed by atoms with Gasteiger partial charge < -0.3 is 21.5 Å². The van der Waals surface area contributed by atoms with E-state index in [-0.39, 0.29) is 0 Å². The lowest BCUT2D eigenvalue weighted by Gasteiger charge is -2.20. The maximum absolute atomic E-state index is 5.58. The molecule has 0 radical (unpaired) electrons. The van der Waals surface area contributed by atoms with E-state index < -0.39 is 0 Å². The Morgan fingerprint density at radius 2 is 1.76 bits per heavy atom. The molecule has 0 saturated heterocycles. The zero-order valence-electron chi connectivity index (χ0n) is 11.5. The fourth-order valence-electron chi connectivity index (χ4n) is 1.51. The Morgan fingerprint density at radius 3 is 2.29 bits per heavy atom. The predicted molar refractivity (Wildman–Crippen MR) is 73.1 cm³/mol. The van der Waals surface area contributed by atoms with Gasteiger partial charge in [-0.15, -0.1) is 0 Å². The Morgan fingerprint density at radius 1 is 1.12 bits per heavy atom. The molecule has 0 fully saturated rings. The van der Waals surface area contributed by atoms with Crippen molar-refractivity contribution in [3.05, 3.63) is 0 Å². The molecule has 17 heavy (non-hydrogen) atoms. The summed E-state index contributed by atoms with van der Waals surface area (Å²) < 4.78 is 5.58. The van der Waals surface area contributed by atoms with Crippen LogP contribution >= 0.6 is 0 Å². The quantitative estimate of drug-likeness (QED) is 0.409. The lowest BCUT2D eigenvalue weighted by Crippen LogP contribution is -2.39. The first-order valence-electron chi connectivity index (χ1n) is 6.69. The predicted octanol–water partition coefficient (Wildman–Crippen LogP) is -0.389. The van der Waals surface area contributed by atoms with E-state index in [0.29, 0.717) is 19.2 Å². The molecule has 0 aromatic rings. The summed E-state index contributed by atoms with van der Waals surface area (Å²) in [5.41, 5.74) is 11.1. The fraction of sp³-hybridized carbons (Fsp3) is 1.00. The average molecular weight is 246 g/mol. The molecule has 0 aliphatic heterocycles. The number of ether oxygens (including phenoxy) is 1. The third-order valence-corrected chi connectivity index (χ3v) is 2.75. The summed E-state index contributed by atoms with van der Waals surface area (Å²) >= 11 is 0. The second-order valence-corrected chi connectivity index (χ2v) is 4.26. The van der Waals surface area contributed by atoms with Gasteiger partial charge in [0.1, 0.15) is 0 Å². The summed E-state index contributed by atoms with van der Waals surface area (Å²) in [5.74, 6) is 0. The smallest absolute Gasteiger partial charge is 0.0594 e. The molecule has 0 heterocycles. The zero-order valence-corrected chi connectivity index (χ0v) is 11.5. The van der Waals surface area contributed by atoms with Crippen LogP contribution in [0.25, 0.3) is 0 Å². The van der Waals surface area contributed by atoms with Gasteiger partial charge in [0.25, 0.3) is 0 Å². The van der Waals surface area contributed by atoms with Crippen molar-refractivity contribution in [2.45, 2.75) is 26.4 Å². The standard InChI is InChI=1S/C12H30N4O/c1-3-12(2)17-11-7-15-6-10-16(8-4-13)9-5-14/h12,15H,3-11,13-14H2,1-2H3. The van der Waals surface area contributed by atoms with Gasteiger partial charge in [0.05, 0.1) is 12.7 Å². The third-order valence-electron chi connectivity index (χ3n) is 2.75. The molecule has 0 bridgehead atoms. The van der Waals surface area contributed by atoms with Crippen LogP contribution in [0.2, 0.25) is 0 Å². The van der Waals surface area contributed by atoms with Crippen LogP contribution < -0.4 is 16.8 Å². The van der Waals surface area contributed by atoms with Gasteiger partial charge >= 0.3 is 0 Å². The van der Waals surface area contributed by atoms with Gasteiger partial charge in [-0.1, -0.05) is 6.92 Å². The number of hydrogen-bond donors (Lipinski definition) is 3. The molecular formula is C12H30N4O. The Balaban J connectivity index is 3.35. The summed E-state index contributed by atoms with van der Waals surface area (Å²) in [6, 6.07) is 0. The first-order chi connectivity index (χ1) is 8.24. The number of rotatable bonds is 12. The van der Waals surface area contributed by atoms with Gasteiger partial charge in [-0.2, -0.15) is 0 Å². The van der Waals surface area contributed by atoms with E-state index in [0.717, 1.165) is 45.8 Å². The lowest BCUT2D eigenvalue weighted by molar-refractivity contribution is 0.0654. The maximum Gasteiger partial charge on any atom is 0.0594 e. The van der Waals surface area contributed by atoms with E-state index in [1.165, 1.54) is 0 Å². The van der Waals surface area contributed by atoms with Gasteiger partial charge in [-0.3, -0.25) is 4.90 Å². The van der Waals surface area contributed by atoms with Crippen LogP contribution in [0, 0.1) is 0 Å². The molecule has 0 amide bonds. The molecule has 1 unspecified atom stereocenters. The number of nitrogens with zero attached hydrogens (tertiary/aromatic N) is 1. The Bertz CT molecular complexity index is 151. The third kappa shape index (κ3) is 10.7. The highest BCUT2D eigenvalue weighted by atomic mass is 16.5. The monoisotopic (exact) mass is 246 g/mol. The van der Waals surface area contributed by atoms with Crippen LogP contribution in [0.3, 0.4) is 0 Å². The van der Waals surface area contributed by atoms with Crippen LogP contribution in [0.15, 0.2) is 0 Å². The van der Waals surface area contributed by atoms with E-state index in [1.54, 1.807) is 0 Å². The summed E-state index contributed by atoms with van der Waals surface area (Å²) in [6.45, 7) is 11.1. The minimum atomic E-state index is 0.364. The molecule has 5 nitrogen and oxygen atoms in total. The summed E-state index contributed by atoms with van der Waals surface area (Å²) in [7, 11) is 0. The van der Waals surface area contributed by atoms with Crippen molar-refractivity contribution in [2.24, 2.45) is 11.5 Å². The Kier molecular flexibility index (Phi) is 12.1. The second-order valence-electron chi connectivity index (χ2n) is 4.26. The topological polar surface area (TPSA) is 76.5 Å². The van der Waals surface area contributed by atoms with Crippen molar-refractivity contribution in [1.29, 1.82) is 0 Å². The molecule has 0 saturated carbocycles. The molecule has 5 N–H and O–H groups in total. The summed E-state index contributed by atoms with van der Waals surface area (Å²) in [4.78, 5) is 2.28. The molecular weight excluding hydrogens is 216 g/mol. The van der Waals surface area contributed by atoms with Gasteiger partial charge in [0.2, 0.25) is 0 Å². The number of hydrogen-bond acceptors (Lipinski definition) is 5. The van der Waals surface area contributed by atoms with E-state index in [9.17, 15) is 0 Å². The number of nitrogens with two attached hydrogens (primary N) is 2. The van der Waals surface area contributed by atoms with Crippen molar-refractivity contribution in [3.8, 4) is 0 Å². The summed E-state index contributed by atoms with van der Waals surface area (Å²) in [6.07, 6.45) is 1.43. The Labute approximate surface area is 106 Å². The molecule has 0 aromatic carbocycles. The van der Waals surface area contributed by atoms with Gasteiger partial charge in [-0.05, 0) is 13.3 Å². The van der Waals surface area contributed by atoms with Crippen LogP contribution in [0.5, 0.6) is 0 Å². The minimum absolute atomic E-state index is 0.364.